The van der Waals surface area contributed by atoms with Crippen molar-refractivity contribution in [2.45, 2.75) is 50.7 Å². The van der Waals surface area contributed by atoms with Gasteiger partial charge in [0.2, 0.25) is 0 Å². The zero-order chi connectivity index (χ0) is 19.5. The summed E-state index contributed by atoms with van der Waals surface area (Å²) in [4.78, 5) is 15.9. The number of hydrogen-bond donors (Lipinski definition) is 0. The van der Waals surface area contributed by atoms with E-state index >= 15 is 0 Å². The fourth-order valence-electron chi connectivity index (χ4n) is 4.92. The minimum atomic E-state index is -0.0125. The third-order valence-corrected chi connectivity index (χ3v) is 6.32. The van der Waals surface area contributed by atoms with E-state index in [-0.39, 0.29) is 11.7 Å². The Hall–Kier alpha value is -2.64. The van der Waals surface area contributed by atoms with Crippen LogP contribution < -0.4 is 4.74 Å². The van der Waals surface area contributed by atoms with Gasteiger partial charge in [0.15, 0.2) is 5.78 Å². The Kier molecular flexibility index (Phi) is 5.45. The molecule has 0 amide bonds. The number of rotatable bonds is 5. The number of piperidine rings is 2. The molecule has 4 nitrogen and oxygen atoms in total. The van der Waals surface area contributed by atoms with Gasteiger partial charge in [-0.3, -0.25) is 9.69 Å². The molecule has 0 aliphatic carbocycles. The maximum Gasteiger partial charge on any atom is 0.167 e. The molecular weight excluding hydrogens is 348 g/mol. The summed E-state index contributed by atoms with van der Waals surface area (Å²) in [7, 11) is 1.59. The van der Waals surface area contributed by atoms with Crippen LogP contribution in [-0.2, 0) is 6.54 Å². The zero-order valence-electron chi connectivity index (χ0n) is 16.3. The number of ether oxygens (including phenoxy) is 1. The van der Waals surface area contributed by atoms with Crippen LogP contribution >= 0.6 is 0 Å². The van der Waals surface area contributed by atoms with Gasteiger partial charge >= 0.3 is 0 Å². The molecule has 0 radical (unpaired) electrons. The molecule has 2 aromatic rings. The van der Waals surface area contributed by atoms with Gasteiger partial charge in [-0.1, -0.05) is 36.8 Å². The SMILES string of the molecule is COc1ccc(C#N)c(C(=O)C2CC3CCCC(C2)N3Cc2ccccc2)c1. The molecule has 0 aromatic heterocycles. The zero-order valence-corrected chi connectivity index (χ0v) is 16.3. The second-order valence-electron chi connectivity index (χ2n) is 7.95. The quantitative estimate of drug-likeness (QED) is 0.719. The van der Waals surface area contributed by atoms with E-state index in [2.05, 4.69) is 41.3 Å². The number of carbonyl (C=O) groups is 1. The lowest BCUT2D eigenvalue weighted by atomic mass is 9.75. The molecule has 2 aromatic carbocycles. The van der Waals surface area contributed by atoms with E-state index in [1.165, 1.54) is 12.0 Å². The van der Waals surface area contributed by atoms with Gasteiger partial charge in [-0.2, -0.15) is 5.26 Å². The fraction of sp³-hybridized carbons (Fsp3) is 0.417. The average molecular weight is 374 g/mol. The molecule has 0 saturated carbocycles. The van der Waals surface area contributed by atoms with Crippen molar-refractivity contribution in [1.82, 2.24) is 4.90 Å². The number of Topliss-reactive ketones (excluding diaryl/α,β-unsaturated/α-hetero) is 1. The molecule has 2 fully saturated rings. The molecule has 0 spiro atoms. The Balaban J connectivity index is 1.54. The summed E-state index contributed by atoms with van der Waals surface area (Å²) in [6, 6.07) is 18.8. The van der Waals surface area contributed by atoms with E-state index in [0.29, 0.717) is 29.0 Å². The van der Waals surface area contributed by atoms with Crippen molar-refractivity contribution < 1.29 is 9.53 Å². The average Bonchev–Trinajstić information content (AvgIpc) is 2.73. The standard InChI is InChI=1S/C24H26N2O2/c1-28-22-11-10-18(15-25)23(14-22)24(27)19-12-20-8-5-9-21(13-19)26(20)16-17-6-3-2-4-7-17/h2-4,6-7,10-11,14,19-21H,5,8-9,12-13,16H2,1H3. The van der Waals surface area contributed by atoms with Gasteiger partial charge < -0.3 is 4.74 Å². The van der Waals surface area contributed by atoms with Crippen LogP contribution in [0.5, 0.6) is 5.75 Å². The van der Waals surface area contributed by atoms with Crippen molar-refractivity contribution in [2.75, 3.05) is 7.11 Å². The van der Waals surface area contributed by atoms with Gasteiger partial charge in [0, 0.05) is 30.1 Å². The van der Waals surface area contributed by atoms with Crippen molar-refractivity contribution in [3.05, 3.63) is 65.2 Å². The van der Waals surface area contributed by atoms with Crippen LogP contribution in [0.4, 0.5) is 0 Å². The molecule has 4 heteroatoms. The molecule has 2 aliphatic heterocycles. The van der Waals surface area contributed by atoms with E-state index in [4.69, 9.17) is 4.74 Å². The number of carbonyl (C=O) groups excluding carboxylic acids is 1. The minimum absolute atomic E-state index is 0.0125. The number of ketones is 1. The monoisotopic (exact) mass is 374 g/mol. The van der Waals surface area contributed by atoms with Gasteiger partial charge in [-0.25, -0.2) is 0 Å². The maximum atomic E-state index is 13.3. The highest BCUT2D eigenvalue weighted by Gasteiger charge is 2.41. The van der Waals surface area contributed by atoms with Gasteiger partial charge in [0.25, 0.3) is 0 Å². The smallest absolute Gasteiger partial charge is 0.167 e. The van der Waals surface area contributed by atoms with E-state index in [1.807, 2.05) is 0 Å². The lowest BCUT2D eigenvalue weighted by Crippen LogP contribution is -2.52. The number of methoxy groups -OCH3 is 1. The summed E-state index contributed by atoms with van der Waals surface area (Å²) in [5.41, 5.74) is 2.30. The normalized spacial score (nSPS) is 24.4. The third kappa shape index (κ3) is 3.68. The highest BCUT2D eigenvalue weighted by molar-refractivity contribution is 6.00. The summed E-state index contributed by atoms with van der Waals surface area (Å²) in [6.07, 6.45) is 5.30. The molecule has 2 saturated heterocycles. The van der Waals surface area contributed by atoms with E-state index in [9.17, 15) is 10.1 Å². The fourth-order valence-corrected chi connectivity index (χ4v) is 4.92. The number of benzene rings is 2. The minimum Gasteiger partial charge on any atom is -0.497 e. The summed E-state index contributed by atoms with van der Waals surface area (Å²) in [6.45, 7) is 0.958. The lowest BCUT2D eigenvalue weighted by Gasteiger charge is -2.48. The maximum absolute atomic E-state index is 13.3. The number of nitrogens with zero attached hydrogens (tertiary/aromatic N) is 2. The van der Waals surface area contributed by atoms with Crippen LogP contribution in [0.1, 0.15) is 53.6 Å². The first-order chi connectivity index (χ1) is 13.7. The predicted molar refractivity (Wildman–Crippen MR) is 108 cm³/mol. The molecule has 2 unspecified atom stereocenters. The van der Waals surface area contributed by atoms with Crippen LogP contribution in [0.15, 0.2) is 48.5 Å². The molecule has 4 rings (SSSR count). The summed E-state index contributed by atoms with van der Waals surface area (Å²) in [5, 5.41) is 9.45. The van der Waals surface area contributed by atoms with Crippen LogP contribution in [0, 0.1) is 17.2 Å². The van der Waals surface area contributed by atoms with Crippen LogP contribution in [-0.4, -0.2) is 29.9 Å². The van der Waals surface area contributed by atoms with Crippen molar-refractivity contribution in [2.24, 2.45) is 5.92 Å². The molecule has 2 aliphatic rings. The first-order valence-electron chi connectivity index (χ1n) is 10.1. The van der Waals surface area contributed by atoms with E-state index < -0.39 is 0 Å². The van der Waals surface area contributed by atoms with Gasteiger partial charge in [0.1, 0.15) is 5.75 Å². The van der Waals surface area contributed by atoms with Gasteiger partial charge in [0.05, 0.1) is 18.7 Å². The van der Waals surface area contributed by atoms with Gasteiger partial charge in [-0.15, -0.1) is 0 Å². The van der Waals surface area contributed by atoms with E-state index in [1.54, 1.807) is 25.3 Å². The third-order valence-electron chi connectivity index (χ3n) is 6.32. The van der Waals surface area contributed by atoms with Crippen LogP contribution in [0.3, 0.4) is 0 Å². The number of hydrogen-bond acceptors (Lipinski definition) is 4. The summed E-state index contributed by atoms with van der Waals surface area (Å²) >= 11 is 0. The molecule has 2 atom stereocenters. The predicted octanol–water partition coefficient (Wildman–Crippen LogP) is 4.58. The van der Waals surface area contributed by atoms with E-state index in [0.717, 1.165) is 32.2 Å². The Morgan fingerprint density at radius 3 is 2.50 bits per heavy atom. The Morgan fingerprint density at radius 1 is 1.14 bits per heavy atom. The molecular formula is C24H26N2O2. The Bertz CT molecular complexity index is 873. The first kappa shape index (κ1) is 18.7. The van der Waals surface area contributed by atoms with Crippen LogP contribution in [0.2, 0.25) is 0 Å². The van der Waals surface area contributed by atoms with Crippen molar-refractivity contribution in [3.63, 3.8) is 0 Å². The number of fused-ring (bicyclic) bond motifs is 2. The van der Waals surface area contributed by atoms with Crippen LogP contribution in [0.25, 0.3) is 0 Å². The van der Waals surface area contributed by atoms with Gasteiger partial charge in [-0.05, 0) is 49.4 Å². The Morgan fingerprint density at radius 2 is 1.86 bits per heavy atom. The van der Waals surface area contributed by atoms with Crippen molar-refractivity contribution in [3.8, 4) is 11.8 Å². The molecule has 2 heterocycles. The topological polar surface area (TPSA) is 53.3 Å². The number of nitriles is 1. The molecule has 2 bridgehead atoms. The first-order valence-corrected chi connectivity index (χ1v) is 10.1. The highest BCUT2D eigenvalue weighted by Crippen LogP contribution is 2.39. The molecule has 28 heavy (non-hydrogen) atoms. The largest absolute Gasteiger partial charge is 0.497 e. The highest BCUT2D eigenvalue weighted by atomic mass is 16.5. The second-order valence-corrected chi connectivity index (χ2v) is 7.95. The van der Waals surface area contributed by atoms with Crippen molar-refractivity contribution >= 4 is 5.78 Å². The summed E-state index contributed by atoms with van der Waals surface area (Å²) in [5.74, 6) is 0.720. The molecule has 0 N–H and O–H groups in total. The van der Waals surface area contributed by atoms with Crippen molar-refractivity contribution in [1.29, 1.82) is 5.26 Å². The Labute approximate surface area is 166 Å². The summed E-state index contributed by atoms with van der Waals surface area (Å²) < 4.78 is 5.28. The second kappa shape index (κ2) is 8.16. The molecule has 144 valence electrons. The lowest BCUT2D eigenvalue weighted by molar-refractivity contribution is 0.00905.